The molecule has 0 spiro atoms. The molecule has 0 fully saturated rings. The van der Waals surface area contributed by atoms with Crippen molar-refractivity contribution in [3.63, 3.8) is 0 Å². The first-order chi connectivity index (χ1) is 11.5. The number of hydrazone groups is 1. The maximum absolute atomic E-state index is 11.4. The van der Waals surface area contributed by atoms with Gasteiger partial charge in [0, 0.05) is 11.8 Å². The minimum absolute atomic E-state index is 0.211. The second kappa shape index (κ2) is 6.54. The molecule has 0 aliphatic heterocycles. The normalized spacial score (nSPS) is 11.5. The summed E-state index contributed by atoms with van der Waals surface area (Å²) in [5.41, 5.74) is 4.99. The van der Waals surface area contributed by atoms with Crippen LogP contribution in [0.5, 0.6) is 5.75 Å². The van der Waals surface area contributed by atoms with Crippen molar-refractivity contribution in [2.45, 2.75) is 13.8 Å². The van der Waals surface area contributed by atoms with Gasteiger partial charge in [-0.1, -0.05) is 18.2 Å². The largest absolute Gasteiger partial charge is 0.497 e. The van der Waals surface area contributed by atoms with Gasteiger partial charge >= 0.3 is 0 Å². The first-order valence-corrected chi connectivity index (χ1v) is 7.51. The Bertz CT molecular complexity index is 976. The van der Waals surface area contributed by atoms with Gasteiger partial charge in [-0.05, 0) is 48.4 Å². The number of nitrogens with zero attached hydrogens (tertiary/aromatic N) is 2. The predicted molar refractivity (Wildman–Crippen MR) is 95.9 cm³/mol. The molecule has 0 amide bonds. The van der Waals surface area contributed by atoms with Crippen molar-refractivity contribution in [1.29, 1.82) is 0 Å². The zero-order valence-electron chi connectivity index (χ0n) is 13.8. The Labute approximate surface area is 139 Å². The fraction of sp³-hybridized carbons (Fsp3) is 0.167. The van der Waals surface area contributed by atoms with Gasteiger partial charge in [0.05, 0.1) is 12.8 Å². The van der Waals surface area contributed by atoms with Crippen LogP contribution in [-0.4, -0.2) is 22.8 Å². The first kappa shape index (κ1) is 15.7. The maximum Gasteiger partial charge on any atom is 0.252 e. The summed E-state index contributed by atoms with van der Waals surface area (Å²) in [6.07, 6.45) is 0. The number of aromatic nitrogens is 2. The van der Waals surface area contributed by atoms with E-state index in [0.717, 1.165) is 27.8 Å². The molecular weight excluding hydrogens is 304 g/mol. The maximum atomic E-state index is 11.4. The number of hydrogen-bond acceptors (Lipinski definition) is 5. The quantitative estimate of drug-likeness (QED) is 0.571. The molecule has 0 aliphatic rings. The lowest BCUT2D eigenvalue weighted by molar-refractivity contribution is 0.415. The second-order valence-corrected chi connectivity index (χ2v) is 5.47. The molecule has 3 rings (SSSR count). The van der Waals surface area contributed by atoms with Crippen molar-refractivity contribution >= 4 is 22.4 Å². The van der Waals surface area contributed by atoms with E-state index in [4.69, 9.17) is 4.74 Å². The molecule has 122 valence electrons. The molecule has 6 heteroatoms. The molecule has 1 aromatic heterocycles. The van der Waals surface area contributed by atoms with Crippen molar-refractivity contribution < 1.29 is 4.74 Å². The fourth-order valence-corrected chi connectivity index (χ4v) is 2.41. The van der Waals surface area contributed by atoms with Gasteiger partial charge in [-0.25, -0.2) is 10.4 Å². The van der Waals surface area contributed by atoms with Crippen LogP contribution in [0.3, 0.4) is 0 Å². The molecule has 0 unspecified atom stereocenters. The number of rotatable bonds is 4. The average Bonchev–Trinajstić information content (AvgIpc) is 2.58. The zero-order valence-corrected chi connectivity index (χ0v) is 13.8. The number of fused-ring (bicyclic) bond motifs is 1. The Morgan fingerprint density at radius 1 is 1.17 bits per heavy atom. The van der Waals surface area contributed by atoms with E-state index >= 15 is 0 Å². The summed E-state index contributed by atoms with van der Waals surface area (Å²) >= 11 is 0. The molecule has 2 aromatic carbocycles. The third-order valence-electron chi connectivity index (χ3n) is 3.66. The van der Waals surface area contributed by atoms with Crippen molar-refractivity contribution in [3.05, 3.63) is 64.1 Å². The smallest absolute Gasteiger partial charge is 0.252 e. The highest BCUT2D eigenvalue weighted by atomic mass is 16.5. The topological polar surface area (TPSA) is 79.4 Å². The zero-order chi connectivity index (χ0) is 17.1. The summed E-state index contributed by atoms with van der Waals surface area (Å²) in [6.45, 7) is 3.65. The lowest BCUT2D eigenvalue weighted by atomic mass is 10.0. The number of nitrogens with one attached hydrogen (secondary N) is 2. The first-order valence-electron chi connectivity index (χ1n) is 7.51. The fourth-order valence-electron chi connectivity index (χ4n) is 2.41. The van der Waals surface area contributed by atoms with E-state index in [1.54, 1.807) is 14.0 Å². The Hall–Kier alpha value is -3.15. The van der Waals surface area contributed by atoms with Gasteiger partial charge in [-0.15, -0.1) is 0 Å². The van der Waals surface area contributed by atoms with Crippen molar-refractivity contribution in [2.24, 2.45) is 5.10 Å². The minimum Gasteiger partial charge on any atom is -0.497 e. The van der Waals surface area contributed by atoms with Crippen LogP contribution < -0.4 is 15.7 Å². The van der Waals surface area contributed by atoms with Crippen molar-refractivity contribution in [2.75, 3.05) is 12.5 Å². The number of benzene rings is 2. The van der Waals surface area contributed by atoms with E-state index in [1.807, 2.05) is 37.3 Å². The third-order valence-corrected chi connectivity index (χ3v) is 3.66. The van der Waals surface area contributed by atoms with Crippen LogP contribution in [0.2, 0.25) is 0 Å². The van der Waals surface area contributed by atoms with Gasteiger partial charge in [0.15, 0.2) is 0 Å². The van der Waals surface area contributed by atoms with Gasteiger partial charge in [-0.2, -0.15) is 5.10 Å². The van der Waals surface area contributed by atoms with Gasteiger partial charge in [-0.3, -0.25) is 9.78 Å². The molecule has 0 atom stereocenters. The summed E-state index contributed by atoms with van der Waals surface area (Å²) in [5.74, 6) is 1.15. The summed E-state index contributed by atoms with van der Waals surface area (Å²) in [6, 6.07) is 13.4. The predicted octanol–water partition coefficient (Wildman–Crippen LogP) is 3.08. The van der Waals surface area contributed by atoms with Gasteiger partial charge in [0.2, 0.25) is 5.95 Å². The standard InChI is InChI=1S/C18H18N4O2/c1-11-8-17(23)20-18(19-11)22-21-12(2)13-4-5-15-10-16(24-3)7-6-14(15)9-13/h4-10H,1-3H3,(H2,19,20,22,23)/b21-12-. The molecule has 0 radical (unpaired) electrons. The lowest BCUT2D eigenvalue weighted by Gasteiger charge is -2.06. The number of anilines is 1. The molecule has 0 bridgehead atoms. The van der Waals surface area contributed by atoms with Crippen LogP contribution in [0.1, 0.15) is 18.2 Å². The molecule has 24 heavy (non-hydrogen) atoms. The number of aromatic amines is 1. The van der Waals surface area contributed by atoms with E-state index in [1.165, 1.54) is 6.07 Å². The SMILES string of the molecule is COc1ccc2cc(/C(C)=N\Nc3nc(C)cc(=O)[nH]3)ccc2c1. The Morgan fingerprint density at radius 2 is 1.92 bits per heavy atom. The summed E-state index contributed by atoms with van der Waals surface area (Å²) in [5, 5.41) is 6.50. The summed E-state index contributed by atoms with van der Waals surface area (Å²) < 4.78 is 5.24. The number of hydrogen-bond donors (Lipinski definition) is 2. The molecule has 1 heterocycles. The number of ether oxygens (including phenoxy) is 1. The van der Waals surface area contributed by atoms with Gasteiger partial charge < -0.3 is 4.74 Å². The van der Waals surface area contributed by atoms with Crippen LogP contribution in [0.15, 0.2) is 52.4 Å². The highest BCUT2D eigenvalue weighted by Gasteiger charge is 2.02. The van der Waals surface area contributed by atoms with Crippen LogP contribution >= 0.6 is 0 Å². The molecule has 2 N–H and O–H groups in total. The van der Waals surface area contributed by atoms with E-state index in [0.29, 0.717) is 11.6 Å². The second-order valence-electron chi connectivity index (χ2n) is 5.47. The van der Waals surface area contributed by atoms with Crippen molar-refractivity contribution in [3.8, 4) is 5.75 Å². The number of aryl methyl sites for hydroxylation is 1. The van der Waals surface area contributed by atoms with Crippen molar-refractivity contribution in [1.82, 2.24) is 9.97 Å². The average molecular weight is 322 g/mol. The monoisotopic (exact) mass is 322 g/mol. The van der Waals surface area contributed by atoms with Gasteiger partial charge in [0.25, 0.3) is 5.56 Å². The number of methoxy groups -OCH3 is 1. The summed E-state index contributed by atoms with van der Waals surface area (Å²) in [7, 11) is 1.65. The molecule has 0 saturated heterocycles. The lowest BCUT2D eigenvalue weighted by Crippen LogP contribution is -2.11. The molecule has 0 aliphatic carbocycles. The highest BCUT2D eigenvalue weighted by molar-refractivity contribution is 6.02. The van der Waals surface area contributed by atoms with E-state index in [9.17, 15) is 4.79 Å². The highest BCUT2D eigenvalue weighted by Crippen LogP contribution is 2.22. The van der Waals surface area contributed by atoms with Gasteiger partial charge in [0.1, 0.15) is 5.75 Å². The Morgan fingerprint density at radius 3 is 2.67 bits per heavy atom. The number of H-pyrrole nitrogens is 1. The summed E-state index contributed by atoms with van der Waals surface area (Å²) in [4.78, 5) is 18.2. The van der Waals surface area contributed by atoms with Crippen LogP contribution in [-0.2, 0) is 0 Å². The van der Waals surface area contributed by atoms with Crippen LogP contribution in [0.4, 0.5) is 5.95 Å². The van der Waals surface area contributed by atoms with Crippen LogP contribution in [0.25, 0.3) is 10.8 Å². The Kier molecular flexibility index (Phi) is 4.29. The van der Waals surface area contributed by atoms with Crippen LogP contribution in [0, 0.1) is 6.92 Å². The molecule has 0 saturated carbocycles. The third kappa shape index (κ3) is 3.43. The van der Waals surface area contributed by atoms with E-state index < -0.39 is 0 Å². The molecule has 3 aromatic rings. The molecular formula is C18H18N4O2. The minimum atomic E-state index is -0.211. The van der Waals surface area contributed by atoms with E-state index in [2.05, 4.69) is 26.6 Å². The van der Waals surface area contributed by atoms with E-state index in [-0.39, 0.29) is 5.56 Å². The Balaban J connectivity index is 1.87. The molecule has 6 nitrogen and oxygen atoms in total.